The van der Waals surface area contributed by atoms with Gasteiger partial charge in [0.2, 0.25) is 0 Å². The van der Waals surface area contributed by atoms with Gasteiger partial charge in [-0.25, -0.2) is 8.42 Å². The second-order valence-electron chi connectivity index (χ2n) is 4.48. The van der Waals surface area contributed by atoms with Crippen molar-refractivity contribution < 1.29 is 8.42 Å². The maximum Gasteiger partial charge on any atom is 0.150 e. The van der Waals surface area contributed by atoms with Crippen LogP contribution in [0.1, 0.15) is 19.0 Å². The molecule has 1 aromatic heterocycles. The summed E-state index contributed by atoms with van der Waals surface area (Å²) in [5.41, 5.74) is 7.54. The Bertz CT molecular complexity index is 662. The number of nitrogens with two attached hydrogens (primary N) is 1. The van der Waals surface area contributed by atoms with Crippen LogP contribution in [-0.4, -0.2) is 29.7 Å². The lowest BCUT2D eigenvalue weighted by Crippen LogP contribution is -2.12. The SMILES string of the molecule is CCS(=O)(=O)CCCn1nc(CN)c2ccccc21. The first-order valence-electron chi connectivity index (χ1n) is 6.42. The molecule has 0 aliphatic rings. The van der Waals surface area contributed by atoms with Crippen LogP contribution in [0.3, 0.4) is 0 Å². The smallest absolute Gasteiger partial charge is 0.150 e. The Hall–Kier alpha value is -1.40. The number of fused-ring (bicyclic) bond motifs is 1. The van der Waals surface area contributed by atoms with E-state index < -0.39 is 9.84 Å². The molecule has 0 saturated heterocycles. The highest BCUT2D eigenvalue weighted by Gasteiger charge is 2.10. The molecule has 0 saturated carbocycles. The summed E-state index contributed by atoms with van der Waals surface area (Å²) in [6, 6.07) is 7.87. The van der Waals surface area contributed by atoms with Crippen molar-refractivity contribution >= 4 is 20.7 Å². The maximum absolute atomic E-state index is 11.5. The van der Waals surface area contributed by atoms with Crippen molar-refractivity contribution in [3.8, 4) is 0 Å². The topological polar surface area (TPSA) is 78.0 Å². The molecule has 0 amide bonds. The van der Waals surface area contributed by atoms with Gasteiger partial charge in [0, 0.05) is 24.2 Å². The zero-order valence-corrected chi connectivity index (χ0v) is 11.9. The molecule has 1 heterocycles. The van der Waals surface area contributed by atoms with Crippen LogP contribution in [0.25, 0.3) is 10.9 Å². The molecule has 0 aliphatic carbocycles. The third-order valence-corrected chi connectivity index (χ3v) is 4.98. The third kappa shape index (κ3) is 3.13. The van der Waals surface area contributed by atoms with E-state index in [9.17, 15) is 8.42 Å². The monoisotopic (exact) mass is 281 g/mol. The number of aryl methyl sites for hydroxylation is 1. The normalized spacial score (nSPS) is 12.1. The number of para-hydroxylation sites is 1. The molecule has 0 aliphatic heterocycles. The summed E-state index contributed by atoms with van der Waals surface area (Å²) in [6.07, 6.45) is 0.575. The average Bonchev–Trinajstić information content (AvgIpc) is 2.77. The van der Waals surface area contributed by atoms with Gasteiger partial charge in [0.25, 0.3) is 0 Å². The van der Waals surface area contributed by atoms with Crippen molar-refractivity contribution in [2.75, 3.05) is 11.5 Å². The van der Waals surface area contributed by atoms with Gasteiger partial charge in [0.15, 0.2) is 0 Å². The number of sulfone groups is 1. The number of rotatable bonds is 6. The summed E-state index contributed by atoms with van der Waals surface area (Å²) in [7, 11) is -2.91. The zero-order valence-electron chi connectivity index (χ0n) is 11.0. The van der Waals surface area contributed by atoms with Crippen LogP contribution >= 0.6 is 0 Å². The number of hydrogen-bond acceptors (Lipinski definition) is 4. The molecule has 1 aromatic carbocycles. The van der Waals surface area contributed by atoms with Gasteiger partial charge in [-0.2, -0.15) is 5.10 Å². The average molecular weight is 281 g/mol. The van der Waals surface area contributed by atoms with E-state index in [1.165, 1.54) is 0 Å². The second kappa shape index (κ2) is 5.71. The summed E-state index contributed by atoms with van der Waals surface area (Å²) in [6.45, 7) is 2.66. The van der Waals surface area contributed by atoms with E-state index in [2.05, 4.69) is 5.10 Å². The molecule has 6 heteroatoms. The molecule has 5 nitrogen and oxygen atoms in total. The van der Waals surface area contributed by atoms with Gasteiger partial charge in [-0.15, -0.1) is 0 Å². The molecule has 0 atom stereocenters. The Morgan fingerprint density at radius 3 is 2.74 bits per heavy atom. The van der Waals surface area contributed by atoms with Gasteiger partial charge >= 0.3 is 0 Å². The van der Waals surface area contributed by atoms with Crippen LogP contribution in [0.15, 0.2) is 24.3 Å². The predicted molar refractivity (Wildman–Crippen MR) is 76.6 cm³/mol. The lowest BCUT2D eigenvalue weighted by Gasteiger charge is -2.03. The fourth-order valence-electron chi connectivity index (χ4n) is 2.10. The van der Waals surface area contributed by atoms with Gasteiger partial charge in [-0.05, 0) is 12.5 Å². The number of aromatic nitrogens is 2. The summed E-state index contributed by atoms with van der Waals surface area (Å²) >= 11 is 0. The van der Waals surface area contributed by atoms with Crippen molar-refractivity contribution in [2.24, 2.45) is 5.73 Å². The minimum absolute atomic E-state index is 0.195. The summed E-state index contributed by atoms with van der Waals surface area (Å²) in [5, 5.41) is 5.49. The molecule has 19 heavy (non-hydrogen) atoms. The highest BCUT2D eigenvalue weighted by atomic mass is 32.2. The Morgan fingerprint density at radius 2 is 2.05 bits per heavy atom. The van der Waals surface area contributed by atoms with Crippen LogP contribution in [0.4, 0.5) is 0 Å². The van der Waals surface area contributed by atoms with Crippen LogP contribution in [0, 0.1) is 0 Å². The Labute approximate surface area is 113 Å². The summed E-state index contributed by atoms with van der Waals surface area (Å²) in [5.74, 6) is 0.399. The number of hydrogen-bond donors (Lipinski definition) is 1. The lowest BCUT2D eigenvalue weighted by molar-refractivity contribution is 0.577. The Balaban J connectivity index is 2.17. The van der Waals surface area contributed by atoms with Gasteiger partial charge in [-0.3, -0.25) is 4.68 Å². The van der Waals surface area contributed by atoms with Crippen LogP contribution < -0.4 is 5.73 Å². The van der Waals surface area contributed by atoms with E-state index in [4.69, 9.17) is 5.73 Å². The van der Waals surface area contributed by atoms with E-state index in [0.29, 0.717) is 19.5 Å². The van der Waals surface area contributed by atoms with E-state index in [-0.39, 0.29) is 11.5 Å². The minimum Gasteiger partial charge on any atom is -0.325 e. The first-order chi connectivity index (χ1) is 9.07. The van der Waals surface area contributed by atoms with E-state index in [1.54, 1.807) is 6.92 Å². The third-order valence-electron chi connectivity index (χ3n) is 3.19. The molecule has 0 spiro atoms. The van der Waals surface area contributed by atoms with Crippen LogP contribution in [0.2, 0.25) is 0 Å². The van der Waals surface area contributed by atoms with E-state index in [1.807, 2.05) is 28.9 Å². The Kier molecular flexibility index (Phi) is 4.21. The molecule has 0 fully saturated rings. The van der Waals surface area contributed by atoms with Gasteiger partial charge in [0.1, 0.15) is 9.84 Å². The zero-order chi connectivity index (χ0) is 13.9. The highest BCUT2D eigenvalue weighted by Crippen LogP contribution is 2.18. The van der Waals surface area contributed by atoms with Gasteiger partial charge in [0.05, 0.1) is 17.0 Å². The molecular formula is C13H19N3O2S. The van der Waals surface area contributed by atoms with Crippen LogP contribution in [0.5, 0.6) is 0 Å². The fraction of sp³-hybridized carbons (Fsp3) is 0.462. The van der Waals surface area contributed by atoms with Gasteiger partial charge < -0.3 is 5.73 Å². The standard InChI is InChI=1S/C13H19N3O2S/c1-2-19(17,18)9-5-8-16-13-7-4-3-6-11(13)12(10-14)15-16/h3-4,6-7H,2,5,8-10,14H2,1H3. The maximum atomic E-state index is 11.5. The molecule has 2 aromatic rings. The first kappa shape index (κ1) is 14.0. The predicted octanol–water partition coefficient (Wildman–Crippen LogP) is 1.32. The Morgan fingerprint density at radius 1 is 1.32 bits per heavy atom. The lowest BCUT2D eigenvalue weighted by atomic mass is 10.2. The molecule has 104 valence electrons. The minimum atomic E-state index is -2.91. The summed E-state index contributed by atoms with van der Waals surface area (Å²) in [4.78, 5) is 0. The first-order valence-corrected chi connectivity index (χ1v) is 8.24. The van der Waals surface area contributed by atoms with Crippen molar-refractivity contribution in [1.29, 1.82) is 0 Å². The van der Waals surface area contributed by atoms with Crippen molar-refractivity contribution in [3.05, 3.63) is 30.0 Å². The van der Waals surface area contributed by atoms with Crippen molar-refractivity contribution in [2.45, 2.75) is 26.4 Å². The molecule has 2 rings (SSSR count). The number of benzene rings is 1. The van der Waals surface area contributed by atoms with Crippen LogP contribution in [-0.2, 0) is 22.9 Å². The quantitative estimate of drug-likeness (QED) is 0.866. The second-order valence-corrected chi connectivity index (χ2v) is 6.95. The molecule has 2 N–H and O–H groups in total. The molecular weight excluding hydrogens is 262 g/mol. The van der Waals surface area contributed by atoms with Crippen molar-refractivity contribution in [3.63, 3.8) is 0 Å². The summed E-state index contributed by atoms with van der Waals surface area (Å²) < 4.78 is 24.8. The van der Waals surface area contributed by atoms with E-state index >= 15 is 0 Å². The molecule has 0 bridgehead atoms. The molecule has 0 unspecified atom stereocenters. The van der Waals surface area contributed by atoms with Gasteiger partial charge in [-0.1, -0.05) is 25.1 Å². The molecule has 0 radical (unpaired) electrons. The number of nitrogens with zero attached hydrogens (tertiary/aromatic N) is 2. The largest absolute Gasteiger partial charge is 0.325 e. The fourth-order valence-corrected chi connectivity index (χ4v) is 2.95. The van der Waals surface area contributed by atoms with Crippen molar-refractivity contribution in [1.82, 2.24) is 9.78 Å². The van der Waals surface area contributed by atoms with E-state index in [0.717, 1.165) is 16.6 Å². The highest BCUT2D eigenvalue weighted by molar-refractivity contribution is 7.91.